The molecule has 3 nitrogen and oxygen atoms in total. The lowest BCUT2D eigenvalue weighted by atomic mass is 9.97. The smallest absolute Gasteiger partial charge is 0.0836 e. The van der Waals surface area contributed by atoms with Crippen molar-refractivity contribution in [3.63, 3.8) is 0 Å². The molecule has 0 radical (unpaired) electrons. The van der Waals surface area contributed by atoms with Crippen LogP contribution in [0.5, 0.6) is 0 Å². The molecule has 1 aromatic heterocycles. The fourth-order valence-corrected chi connectivity index (χ4v) is 1.05. The Morgan fingerprint density at radius 3 is 2.50 bits per heavy atom. The highest BCUT2D eigenvalue weighted by Gasteiger charge is 2.14. The van der Waals surface area contributed by atoms with Crippen molar-refractivity contribution in [2.75, 3.05) is 6.61 Å². The third-order valence-electron chi connectivity index (χ3n) is 2.00. The first kappa shape index (κ1) is 9.16. The van der Waals surface area contributed by atoms with E-state index in [4.69, 9.17) is 5.11 Å². The average Bonchev–Trinajstić information content (AvgIpc) is 2.17. The molecular weight excluding hydrogens is 154 g/mol. The van der Waals surface area contributed by atoms with Crippen LogP contribution in [-0.4, -0.2) is 27.9 Å². The summed E-state index contributed by atoms with van der Waals surface area (Å²) in [7, 11) is 0. The molecule has 2 atom stereocenters. The van der Waals surface area contributed by atoms with Gasteiger partial charge in [-0.1, -0.05) is 6.92 Å². The maximum Gasteiger partial charge on any atom is 0.0836 e. The second-order valence-corrected chi connectivity index (χ2v) is 2.82. The van der Waals surface area contributed by atoms with Gasteiger partial charge in [0.2, 0.25) is 0 Å². The van der Waals surface area contributed by atoms with E-state index in [2.05, 4.69) is 4.98 Å². The van der Waals surface area contributed by atoms with Crippen LogP contribution in [0.3, 0.4) is 0 Å². The molecule has 3 heteroatoms. The predicted molar refractivity (Wildman–Crippen MR) is 45.7 cm³/mol. The standard InChI is InChI=1S/C9H13NO2/c1-7(9(12)6-11)8-2-4-10-5-3-8/h2-5,7,9,11-12H,6H2,1H3. The van der Waals surface area contributed by atoms with Crippen LogP contribution in [0.2, 0.25) is 0 Å². The van der Waals surface area contributed by atoms with E-state index in [9.17, 15) is 5.11 Å². The Bertz CT molecular complexity index is 225. The Kier molecular flexibility index (Phi) is 3.19. The molecule has 2 N–H and O–H groups in total. The van der Waals surface area contributed by atoms with Gasteiger partial charge in [-0.25, -0.2) is 0 Å². The van der Waals surface area contributed by atoms with Crippen molar-refractivity contribution in [3.05, 3.63) is 30.1 Å². The zero-order valence-electron chi connectivity index (χ0n) is 7.01. The van der Waals surface area contributed by atoms with Gasteiger partial charge in [-0.2, -0.15) is 0 Å². The molecule has 0 bridgehead atoms. The van der Waals surface area contributed by atoms with Crippen LogP contribution in [0.1, 0.15) is 18.4 Å². The topological polar surface area (TPSA) is 53.4 Å². The fourth-order valence-electron chi connectivity index (χ4n) is 1.05. The van der Waals surface area contributed by atoms with Gasteiger partial charge < -0.3 is 10.2 Å². The largest absolute Gasteiger partial charge is 0.394 e. The van der Waals surface area contributed by atoms with Crippen molar-refractivity contribution in [3.8, 4) is 0 Å². The van der Waals surface area contributed by atoms with E-state index in [1.54, 1.807) is 12.4 Å². The van der Waals surface area contributed by atoms with Crippen LogP contribution < -0.4 is 0 Å². The predicted octanol–water partition coefficient (Wildman–Crippen LogP) is 0.538. The van der Waals surface area contributed by atoms with E-state index in [-0.39, 0.29) is 12.5 Å². The second-order valence-electron chi connectivity index (χ2n) is 2.82. The number of aliphatic hydroxyl groups is 2. The van der Waals surface area contributed by atoms with Gasteiger partial charge >= 0.3 is 0 Å². The Morgan fingerprint density at radius 1 is 1.42 bits per heavy atom. The highest BCUT2D eigenvalue weighted by molar-refractivity contribution is 5.16. The van der Waals surface area contributed by atoms with Crippen molar-refractivity contribution in [2.45, 2.75) is 18.9 Å². The monoisotopic (exact) mass is 167 g/mol. The van der Waals surface area contributed by atoms with Gasteiger partial charge in [-0.05, 0) is 17.7 Å². The first-order valence-corrected chi connectivity index (χ1v) is 3.94. The first-order valence-electron chi connectivity index (χ1n) is 3.94. The molecule has 1 rings (SSSR count). The minimum absolute atomic E-state index is 0.0435. The molecule has 0 saturated carbocycles. The van der Waals surface area contributed by atoms with Crippen molar-refractivity contribution in [2.24, 2.45) is 0 Å². The Hall–Kier alpha value is -0.930. The molecule has 0 amide bonds. The fraction of sp³-hybridized carbons (Fsp3) is 0.444. The summed E-state index contributed by atoms with van der Waals surface area (Å²) < 4.78 is 0. The number of pyridine rings is 1. The summed E-state index contributed by atoms with van der Waals surface area (Å²) >= 11 is 0. The van der Waals surface area contributed by atoms with Gasteiger partial charge in [0.15, 0.2) is 0 Å². The van der Waals surface area contributed by atoms with E-state index in [1.807, 2.05) is 19.1 Å². The summed E-state index contributed by atoms with van der Waals surface area (Å²) in [4.78, 5) is 3.87. The highest BCUT2D eigenvalue weighted by atomic mass is 16.3. The van der Waals surface area contributed by atoms with Crippen LogP contribution in [0.15, 0.2) is 24.5 Å². The Labute approximate surface area is 71.7 Å². The van der Waals surface area contributed by atoms with Crippen LogP contribution in [0, 0.1) is 0 Å². The SMILES string of the molecule is CC(c1ccncc1)C(O)CO. The molecule has 0 saturated heterocycles. The van der Waals surface area contributed by atoms with Gasteiger partial charge in [-0.15, -0.1) is 0 Å². The summed E-state index contributed by atoms with van der Waals surface area (Å²) in [5.41, 5.74) is 0.992. The minimum Gasteiger partial charge on any atom is -0.394 e. The molecule has 0 aliphatic rings. The molecule has 1 heterocycles. The normalized spacial score (nSPS) is 15.6. The summed E-state index contributed by atoms with van der Waals surface area (Å²) in [6, 6.07) is 3.67. The van der Waals surface area contributed by atoms with E-state index >= 15 is 0 Å². The minimum atomic E-state index is -0.688. The third kappa shape index (κ3) is 2.03. The second kappa shape index (κ2) is 4.18. The van der Waals surface area contributed by atoms with Crippen molar-refractivity contribution in [1.29, 1.82) is 0 Å². The Balaban J connectivity index is 2.71. The van der Waals surface area contributed by atoms with E-state index in [1.165, 1.54) is 0 Å². The van der Waals surface area contributed by atoms with Crippen molar-refractivity contribution < 1.29 is 10.2 Å². The maximum atomic E-state index is 9.31. The van der Waals surface area contributed by atoms with E-state index in [0.717, 1.165) is 5.56 Å². The maximum absolute atomic E-state index is 9.31. The van der Waals surface area contributed by atoms with Crippen LogP contribution in [0.4, 0.5) is 0 Å². The number of hydrogen-bond donors (Lipinski definition) is 2. The molecule has 2 unspecified atom stereocenters. The number of aliphatic hydroxyl groups excluding tert-OH is 2. The molecule has 66 valence electrons. The number of hydrogen-bond acceptors (Lipinski definition) is 3. The molecular formula is C9H13NO2. The summed E-state index contributed by atoms with van der Waals surface area (Å²) in [6.45, 7) is 1.67. The molecule has 1 aromatic rings. The molecule has 0 spiro atoms. The molecule has 0 aliphatic heterocycles. The summed E-state index contributed by atoms with van der Waals surface area (Å²) in [5, 5.41) is 18.0. The van der Waals surface area contributed by atoms with Gasteiger partial charge in [0.05, 0.1) is 12.7 Å². The van der Waals surface area contributed by atoms with Gasteiger partial charge in [0, 0.05) is 18.3 Å². The van der Waals surface area contributed by atoms with Gasteiger partial charge in [0.1, 0.15) is 0 Å². The number of nitrogens with zero attached hydrogens (tertiary/aromatic N) is 1. The average molecular weight is 167 g/mol. The first-order chi connectivity index (χ1) is 5.75. The zero-order valence-corrected chi connectivity index (χ0v) is 7.01. The lowest BCUT2D eigenvalue weighted by molar-refractivity contribution is 0.0772. The number of rotatable bonds is 3. The quantitative estimate of drug-likeness (QED) is 0.690. The zero-order chi connectivity index (χ0) is 8.97. The van der Waals surface area contributed by atoms with Crippen LogP contribution in [0.25, 0.3) is 0 Å². The molecule has 0 aromatic carbocycles. The molecule has 0 aliphatic carbocycles. The third-order valence-corrected chi connectivity index (χ3v) is 2.00. The van der Waals surface area contributed by atoms with Gasteiger partial charge in [0.25, 0.3) is 0 Å². The Morgan fingerprint density at radius 2 is 2.00 bits per heavy atom. The lowest BCUT2D eigenvalue weighted by Gasteiger charge is -2.16. The summed E-state index contributed by atoms with van der Waals surface area (Å²) in [5.74, 6) is -0.0435. The highest BCUT2D eigenvalue weighted by Crippen LogP contribution is 2.17. The van der Waals surface area contributed by atoms with E-state index < -0.39 is 6.10 Å². The lowest BCUT2D eigenvalue weighted by Crippen LogP contribution is -2.19. The van der Waals surface area contributed by atoms with Crippen LogP contribution in [-0.2, 0) is 0 Å². The number of aromatic nitrogens is 1. The molecule has 12 heavy (non-hydrogen) atoms. The van der Waals surface area contributed by atoms with Gasteiger partial charge in [-0.3, -0.25) is 4.98 Å². The molecule has 0 fully saturated rings. The summed E-state index contributed by atoms with van der Waals surface area (Å²) in [6.07, 6.45) is 2.67. The van der Waals surface area contributed by atoms with Crippen molar-refractivity contribution >= 4 is 0 Å². The van der Waals surface area contributed by atoms with Crippen LogP contribution >= 0.6 is 0 Å². The van der Waals surface area contributed by atoms with E-state index in [0.29, 0.717) is 0 Å². The van der Waals surface area contributed by atoms with Crippen molar-refractivity contribution in [1.82, 2.24) is 4.98 Å².